The first-order valence-electron chi connectivity index (χ1n) is 10.1. The fraction of sp³-hybridized carbons (Fsp3) is 0.391. The zero-order valence-electron chi connectivity index (χ0n) is 16.3. The van der Waals surface area contributed by atoms with Crippen molar-refractivity contribution in [2.24, 2.45) is 5.92 Å². The minimum Gasteiger partial charge on any atom is -0.340 e. The topological polar surface area (TPSA) is 52.7 Å². The third-order valence-electron chi connectivity index (χ3n) is 5.75. The van der Waals surface area contributed by atoms with Crippen LogP contribution in [0.2, 0.25) is 0 Å². The number of hydrogen-bond donors (Lipinski definition) is 1. The molecule has 1 atom stereocenters. The standard InChI is InChI=1S/C23H27N3O2/c1-17(25-13-15-26(16-14-25)23(28)19-11-12-19)22(27)24-21-10-6-5-9-20(21)18-7-3-2-4-8-18/h2-10,17,19H,11-16H2,1H3,(H,24,27). The molecule has 4 rings (SSSR count). The molecule has 2 fully saturated rings. The number of anilines is 1. The highest BCUT2D eigenvalue weighted by Crippen LogP contribution is 2.31. The largest absolute Gasteiger partial charge is 0.340 e. The Morgan fingerprint density at radius 1 is 0.929 bits per heavy atom. The van der Waals surface area contributed by atoms with Crippen LogP contribution in [0, 0.1) is 5.92 Å². The van der Waals surface area contributed by atoms with Gasteiger partial charge in [0, 0.05) is 43.3 Å². The van der Waals surface area contributed by atoms with Gasteiger partial charge in [-0.1, -0.05) is 48.5 Å². The summed E-state index contributed by atoms with van der Waals surface area (Å²) < 4.78 is 0. The summed E-state index contributed by atoms with van der Waals surface area (Å²) in [6.07, 6.45) is 2.08. The van der Waals surface area contributed by atoms with Gasteiger partial charge in [0.2, 0.25) is 11.8 Å². The Balaban J connectivity index is 1.38. The number of nitrogens with zero attached hydrogens (tertiary/aromatic N) is 2. The number of amides is 2. The number of nitrogens with one attached hydrogen (secondary N) is 1. The Kier molecular flexibility index (Phi) is 5.44. The van der Waals surface area contributed by atoms with E-state index in [1.807, 2.05) is 66.4 Å². The van der Waals surface area contributed by atoms with Crippen molar-refractivity contribution >= 4 is 17.5 Å². The van der Waals surface area contributed by atoms with Crippen LogP contribution < -0.4 is 5.32 Å². The molecule has 1 unspecified atom stereocenters. The lowest BCUT2D eigenvalue weighted by molar-refractivity contribution is -0.135. The van der Waals surface area contributed by atoms with Crippen LogP contribution in [-0.4, -0.2) is 53.8 Å². The van der Waals surface area contributed by atoms with Crippen LogP contribution in [0.1, 0.15) is 19.8 Å². The van der Waals surface area contributed by atoms with Gasteiger partial charge in [-0.05, 0) is 31.4 Å². The fourth-order valence-corrected chi connectivity index (χ4v) is 3.78. The van der Waals surface area contributed by atoms with Gasteiger partial charge in [0.05, 0.1) is 6.04 Å². The van der Waals surface area contributed by atoms with E-state index >= 15 is 0 Å². The monoisotopic (exact) mass is 377 g/mol. The molecule has 2 aliphatic rings. The van der Waals surface area contributed by atoms with Gasteiger partial charge in [-0.25, -0.2) is 0 Å². The van der Waals surface area contributed by atoms with Gasteiger partial charge in [-0.3, -0.25) is 14.5 Å². The van der Waals surface area contributed by atoms with E-state index in [0.29, 0.717) is 19.0 Å². The summed E-state index contributed by atoms with van der Waals surface area (Å²) in [6.45, 7) is 4.86. The second kappa shape index (κ2) is 8.15. The molecule has 2 aromatic rings. The molecule has 0 aromatic heterocycles. The minimum atomic E-state index is -0.234. The Bertz CT molecular complexity index is 840. The van der Waals surface area contributed by atoms with E-state index in [2.05, 4.69) is 10.2 Å². The summed E-state index contributed by atoms with van der Waals surface area (Å²) in [5.41, 5.74) is 2.93. The molecular formula is C23H27N3O2. The first-order valence-corrected chi connectivity index (χ1v) is 10.1. The molecule has 146 valence electrons. The molecule has 5 heteroatoms. The zero-order valence-corrected chi connectivity index (χ0v) is 16.3. The zero-order chi connectivity index (χ0) is 19.5. The Hall–Kier alpha value is -2.66. The normalized spacial score (nSPS) is 18.5. The average molecular weight is 377 g/mol. The highest BCUT2D eigenvalue weighted by molar-refractivity contribution is 5.98. The van der Waals surface area contributed by atoms with Crippen LogP contribution in [0.4, 0.5) is 5.69 Å². The van der Waals surface area contributed by atoms with Crippen LogP contribution in [-0.2, 0) is 9.59 Å². The van der Waals surface area contributed by atoms with E-state index in [1.54, 1.807) is 0 Å². The number of carbonyl (C=O) groups excluding carboxylic acids is 2. The third-order valence-corrected chi connectivity index (χ3v) is 5.75. The van der Waals surface area contributed by atoms with Crippen molar-refractivity contribution in [1.82, 2.24) is 9.80 Å². The van der Waals surface area contributed by atoms with Gasteiger partial charge in [0.25, 0.3) is 0 Å². The highest BCUT2D eigenvalue weighted by Gasteiger charge is 2.35. The molecule has 2 amide bonds. The predicted molar refractivity (Wildman–Crippen MR) is 111 cm³/mol. The molecule has 1 N–H and O–H groups in total. The Labute approximate surface area is 166 Å². The molecule has 0 spiro atoms. The Morgan fingerprint density at radius 2 is 1.57 bits per heavy atom. The molecule has 28 heavy (non-hydrogen) atoms. The predicted octanol–water partition coefficient (Wildman–Crippen LogP) is 3.23. The maximum atomic E-state index is 12.9. The lowest BCUT2D eigenvalue weighted by atomic mass is 10.0. The molecule has 2 aromatic carbocycles. The van der Waals surface area contributed by atoms with Crippen molar-refractivity contribution in [1.29, 1.82) is 0 Å². The molecule has 1 saturated heterocycles. The maximum absolute atomic E-state index is 12.9. The van der Waals surface area contributed by atoms with Gasteiger partial charge in [-0.2, -0.15) is 0 Å². The van der Waals surface area contributed by atoms with Gasteiger partial charge >= 0.3 is 0 Å². The smallest absolute Gasteiger partial charge is 0.241 e. The molecule has 0 radical (unpaired) electrons. The lowest BCUT2D eigenvalue weighted by Crippen LogP contribution is -2.54. The van der Waals surface area contributed by atoms with Crippen molar-refractivity contribution in [3.8, 4) is 11.1 Å². The van der Waals surface area contributed by atoms with Gasteiger partial charge < -0.3 is 10.2 Å². The molecule has 5 nitrogen and oxygen atoms in total. The van der Waals surface area contributed by atoms with Crippen molar-refractivity contribution < 1.29 is 9.59 Å². The van der Waals surface area contributed by atoms with E-state index in [1.165, 1.54) is 0 Å². The summed E-state index contributed by atoms with van der Waals surface area (Å²) in [4.78, 5) is 29.2. The van der Waals surface area contributed by atoms with Crippen LogP contribution in [0.25, 0.3) is 11.1 Å². The van der Waals surface area contributed by atoms with Crippen molar-refractivity contribution in [3.63, 3.8) is 0 Å². The minimum absolute atomic E-state index is 0.00893. The van der Waals surface area contributed by atoms with Crippen LogP contribution in [0.3, 0.4) is 0 Å². The Morgan fingerprint density at radius 3 is 2.25 bits per heavy atom. The number of para-hydroxylation sites is 1. The first-order chi connectivity index (χ1) is 13.6. The van der Waals surface area contributed by atoms with Gasteiger partial charge in [-0.15, -0.1) is 0 Å². The molecule has 1 saturated carbocycles. The van der Waals surface area contributed by atoms with E-state index in [9.17, 15) is 9.59 Å². The average Bonchev–Trinajstić information content (AvgIpc) is 3.59. The summed E-state index contributed by atoms with van der Waals surface area (Å²) in [7, 11) is 0. The van der Waals surface area contributed by atoms with Gasteiger partial charge in [0.1, 0.15) is 0 Å². The lowest BCUT2D eigenvalue weighted by Gasteiger charge is -2.37. The molecule has 0 bridgehead atoms. The second-order valence-corrected chi connectivity index (χ2v) is 7.71. The van der Waals surface area contributed by atoms with E-state index < -0.39 is 0 Å². The fourth-order valence-electron chi connectivity index (χ4n) is 3.78. The summed E-state index contributed by atoms with van der Waals surface area (Å²) >= 11 is 0. The maximum Gasteiger partial charge on any atom is 0.241 e. The third kappa shape index (κ3) is 4.09. The highest BCUT2D eigenvalue weighted by atomic mass is 16.2. The number of carbonyl (C=O) groups is 2. The van der Waals surface area contributed by atoms with Gasteiger partial charge in [0.15, 0.2) is 0 Å². The van der Waals surface area contributed by atoms with Crippen molar-refractivity contribution in [2.45, 2.75) is 25.8 Å². The van der Waals surface area contributed by atoms with Crippen LogP contribution >= 0.6 is 0 Å². The van der Waals surface area contributed by atoms with Crippen molar-refractivity contribution in [2.75, 3.05) is 31.5 Å². The number of benzene rings is 2. The summed E-state index contributed by atoms with van der Waals surface area (Å²) in [5.74, 6) is 0.556. The first kappa shape index (κ1) is 18.7. The molecule has 1 aliphatic heterocycles. The number of rotatable bonds is 5. The number of hydrogen-bond acceptors (Lipinski definition) is 3. The van der Waals surface area contributed by atoms with Crippen LogP contribution in [0.5, 0.6) is 0 Å². The molecule has 1 heterocycles. The SMILES string of the molecule is CC(C(=O)Nc1ccccc1-c1ccccc1)N1CCN(C(=O)C2CC2)CC1. The second-order valence-electron chi connectivity index (χ2n) is 7.71. The molecule has 1 aliphatic carbocycles. The quantitative estimate of drug-likeness (QED) is 0.870. The summed E-state index contributed by atoms with van der Waals surface area (Å²) in [6, 6.07) is 17.7. The van der Waals surface area contributed by atoms with E-state index in [4.69, 9.17) is 0 Å². The molecular weight excluding hydrogens is 350 g/mol. The van der Waals surface area contributed by atoms with E-state index in [-0.39, 0.29) is 17.9 Å². The van der Waals surface area contributed by atoms with Crippen molar-refractivity contribution in [3.05, 3.63) is 54.6 Å². The van der Waals surface area contributed by atoms with Crippen LogP contribution in [0.15, 0.2) is 54.6 Å². The summed E-state index contributed by atoms with van der Waals surface area (Å²) in [5, 5.41) is 3.11. The van der Waals surface area contributed by atoms with E-state index in [0.717, 1.165) is 42.7 Å². The number of piperazine rings is 1.